The van der Waals surface area contributed by atoms with Gasteiger partial charge in [0.2, 0.25) is 5.91 Å². The highest BCUT2D eigenvalue weighted by Gasteiger charge is 2.34. The number of imidazole rings is 1. The van der Waals surface area contributed by atoms with E-state index in [4.69, 9.17) is 0 Å². The number of carbonyl (C=O) groups excluding carboxylic acids is 1. The summed E-state index contributed by atoms with van der Waals surface area (Å²) >= 11 is 0. The third kappa shape index (κ3) is 3.08. The van der Waals surface area contributed by atoms with Gasteiger partial charge in [-0.2, -0.15) is 0 Å². The highest BCUT2D eigenvalue weighted by atomic mass is 32.2. The number of carbonyl (C=O) groups is 1. The van der Waals surface area contributed by atoms with Crippen LogP contribution in [0.3, 0.4) is 0 Å². The summed E-state index contributed by atoms with van der Waals surface area (Å²) in [5.74, 6) is 0.684. The van der Waals surface area contributed by atoms with Gasteiger partial charge in [-0.05, 0) is 13.8 Å². The second-order valence-electron chi connectivity index (χ2n) is 6.16. The Morgan fingerprint density at radius 3 is 2.67 bits per heavy atom. The van der Waals surface area contributed by atoms with E-state index in [-0.39, 0.29) is 24.7 Å². The maximum Gasteiger partial charge on any atom is 0.245 e. The zero-order valence-corrected chi connectivity index (χ0v) is 14.6. The van der Waals surface area contributed by atoms with Gasteiger partial charge in [0.25, 0.3) is 0 Å². The van der Waals surface area contributed by atoms with Crippen LogP contribution in [0.4, 0.5) is 0 Å². The van der Waals surface area contributed by atoms with Crippen molar-refractivity contribution >= 4 is 15.7 Å². The molecule has 7 heteroatoms. The summed E-state index contributed by atoms with van der Waals surface area (Å²) in [6.45, 7) is 3.99. The van der Waals surface area contributed by atoms with Gasteiger partial charge in [0.1, 0.15) is 11.9 Å². The van der Waals surface area contributed by atoms with Crippen LogP contribution >= 0.6 is 0 Å². The topological polar surface area (TPSA) is 72.3 Å². The van der Waals surface area contributed by atoms with Crippen molar-refractivity contribution < 1.29 is 13.2 Å². The Hall–Kier alpha value is -2.15. The molecular weight excluding hydrogens is 326 g/mol. The first-order valence-electron chi connectivity index (χ1n) is 7.99. The highest BCUT2D eigenvalue weighted by Crippen LogP contribution is 2.23. The van der Waals surface area contributed by atoms with Crippen LogP contribution in [-0.4, -0.2) is 52.9 Å². The van der Waals surface area contributed by atoms with Gasteiger partial charge in [-0.25, -0.2) is 13.4 Å². The van der Waals surface area contributed by atoms with Crippen LogP contribution in [0.15, 0.2) is 42.7 Å². The summed E-state index contributed by atoms with van der Waals surface area (Å²) < 4.78 is 25.5. The van der Waals surface area contributed by atoms with Crippen molar-refractivity contribution in [2.75, 3.05) is 18.8 Å². The van der Waals surface area contributed by atoms with Gasteiger partial charge in [0.05, 0.1) is 11.0 Å². The molecule has 3 rings (SSSR count). The number of hydrogen-bond acceptors (Lipinski definition) is 4. The van der Waals surface area contributed by atoms with E-state index in [0.717, 1.165) is 11.4 Å². The predicted octanol–water partition coefficient (Wildman–Crippen LogP) is 1.76. The standard InChI is InChI=1S/C17H21N3O3S/c1-13-12-19(10-11-24(13,22)23)17(21)14(2)20-9-8-18-16(20)15-6-4-3-5-7-15/h3-9,13-14H,10-12H2,1-2H3/t13-,14-/m1/s1. The first kappa shape index (κ1) is 16.7. The lowest BCUT2D eigenvalue weighted by Gasteiger charge is -2.33. The number of hydrogen-bond donors (Lipinski definition) is 0. The van der Waals surface area contributed by atoms with E-state index in [0.29, 0.717) is 0 Å². The third-order valence-corrected chi connectivity index (χ3v) is 6.65. The summed E-state index contributed by atoms with van der Waals surface area (Å²) in [4.78, 5) is 18.8. The van der Waals surface area contributed by atoms with Crippen molar-refractivity contribution in [2.45, 2.75) is 25.1 Å². The highest BCUT2D eigenvalue weighted by molar-refractivity contribution is 7.92. The number of rotatable bonds is 3. The van der Waals surface area contributed by atoms with E-state index in [1.165, 1.54) is 0 Å². The van der Waals surface area contributed by atoms with Crippen LogP contribution in [0, 0.1) is 0 Å². The van der Waals surface area contributed by atoms with E-state index in [2.05, 4.69) is 4.98 Å². The van der Waals surface area contributed by atoms with E-state index in [9.17, 15) is 13.2 Å². The molecule has 1 aliphatic rings. The Morgan fingerprint density at radius 2 is 2.00 bits per heavy atom. The van der Waals surface area contributed by atoms with Crippen molar-refractivity contribution in [3.8, 4) is 11.4 Å². The predicted molar refractivity (Wildman–Crippen MR) is 92.2 cm³/mol. The fourth-order valence-corrected chi connectivity index (χ4v) is 4.26. The molecule has 0 aliphatic carbocycles. The molecule has 2 atom stereocenters. The average molecular weight is 347 g/mol. The third-order valence-electron chi connectivity index (χ3n) is 4.52. The first-order chi connectivity index (χ1) is 11.4. The van der Waals surface area contributed by atoms with Crippen molar-refractivity contribution in [1.29, 1.82) is 0 Å². The number of amides is 1. The molecule has 1 fully saturated rings. The molecule has 0 unspecified atom stereocenters. The van der Waals surface area contributed by atoms with Crippen LogP contribution in [0.25, 0.3) is 11.4 Å². The van der Waals surface area contributed by atoms with Crippen LogP contribution < -0.4 is 0 Å². The van der Waals surface area contributed by atoms with Crippen LogP contribution in [0.2, 0.25) is 0 Å². The summed E-state index contributed by atoms with van der Waals surface area (Å²) in [6, 6.07) is 9.25. The molecular formula is C17H21N3O3S. The lowest BCUT2D eigenvalue weighted by molar-refractivity contribution is -0.134. The molecule has 0 N–H and O–H groups in total. The largest absolute Gasteiger partial charge is 0.339 e. The number of aromatic nitrogens is 2. The van der Waals surface area contributed by atoms with Gasteiger partial charge < -0.3 is 9.47 Å². The van der Waals surface area contributed by atoms with Crippen LogP contribution in [0.5, 0.6) is 0 Å². The molecule has 6 nitrogen and oxygen atoms in total. The molecule has 0 spiro atoms. The molecule has 0 radical (unpaired) electrons. The molecule has 1 saturated heterocycles. The molecule has 1 aromatic heterocycles. The van der Waals surface area contributed by atoms with Gasteiger partial charge >= 0.3 is 0 Å². The molecule has 2 aromatic rings. The monoisotopic (exact) mass is 347 g/mol. The van der Waals surface area contributed by atoms with Crippen molar-refractivity contribution in [3.63, 3.8) is 0 Å². The summed E-state index contributed by atoms with van der Waals surface area (Å²) in [6.07, 6.45) is 3.46. The number of benzene rings is 1. The van der Waals surface area contributed by atoms with E-state index in [1.54, 1.807) is 24.2 Å². The summed E-state index contributed by atoms with van der Waals surface area (Å²) in [5, 5.41) is -0.515. The van der Waals surface area contributed by atoms with Gasteiger partial charge in [0.15, 0.2) is 9.84 Å². The molecule has 1 aliphatic heterocycles. The van der Waals surface area contributed by atoms with Gasteiger partial charge in [0, 0.05) is 31.0 Å². The Kier molecular flexibility index (Phi) is 4.45. The zero-order valence-electron chi connectivity index (χ0n) is 13.8. The Morgan fingerprint density at radius 1 is 1.29 bits per heavy atom. The first-order valence-corrected chi connectivity index (χ1v) is 9.70. The number of nitrogens with zero attached hydrogens (tertiary/aromatic N) is 3. The van der Waals surface area contributed by atoms with Crippen molar-refractivity contribution in [1.82, 2.24) is 14.5 Å². The van der Waals surface area contributed by atoms with E-state index < -0.39 is 21.1 Å². The minimum absolute atomic E-state index is 0.0299. The minimum Gasteiger partial charge on any atom is -0.339 e. The Labute approximate surface area is 142 Å². The molecule has 1 amide bonds. The molecule has 128 valence electrons. The normalized spacial score (nSPS) is 21.4. The minimum atomic E-state index is -3.07. The summed E-state index contributed by atoms with van der Waals surface area (Å²) in [5.41, 5.74) is 0.941. The smallest absolute Gasteiger partial charge is 0.245 e. The second kappa shape index (κ2) is 6.39. The molecule has 0 bridgehead atoms. The van der Waals surface area contributed by atoms with Crippen molar-refractivity contribution in [2.24, 2.45) is 0 Å². The SMILES string of the molecule is C[C@H](C(=O)N1CCS(=O)(=O)[C@H](C)C1)n1ccnc1-c1ccccc1. The molecule has 1 aromatic carbocycles. The zero-order chi connectivity index (χ0) is 17.3. The number of sulfone groups is 1. The quantitative estimate of drug-likeness (QED) is 0.848. The van der Waals surface area contributed by atoms with Gasteiger partial charge in [-0.1, -0.05) is 30.3 Å². The molecule has 2 heterocycles. The van der Waals surface area contributed by atoms with Crippen LogP contribution in [0.1, 0.15) is 19.9 Å². The molecule has 24 heavy (non-hydrogen) atoms. The van der Waals surface area contributed by atoms with Gasteiger partial charge in [-0.15, -0.1) is 0 Å². The van der Waals surface area contributed by atoms with Gasteiger partial charge in [-0.3, -0.25) is 4.79 Å². The Bertz CT molecular complexity index is 830. The van der Waals surface area contributed by atoms with Crippen molar-refractivity contribution in [3.05, 3.63) is 42.7 Å². The average Bonchev–Trinajstić information content (AvgIpc) is 3.06. The fourth-order valence-electron chi connectivity index (χ4n) is 2.97. The van der Waals surface area contributed by atoms with Crippen LogP contribution in [-0.2, 0) is 14.6 Å². The fraction of sp³-hybridized carbons (Fsp3) is 0.412. The second-order valence-corrected chi connectivity index (χ2v) is 8.70. The summed E-state index contributed by atoms with van der Waals surface area (Å²) in [7, 11) is -3.07. The van der Waals surface area contributed by atoms with E-state index in [1.807, 2.05) is 41.8 Å². The lowest BCUT2D eigenvalue weighted by Crippen LogP contribution is -2.49. The maximum atomic E-state index is 12.8. The van der Waals surface area contributed by atoms with E-state index >= 15 is 0 Å². The lowest BCUT2D eigenvalue weighted by atomic mass is 10.2. The molecule has 0 saturated carbocycles. The Balaban J connectivity index is 1.82. The maximum absolute atomic E-state index is 12.8.